The summed E-state index contributed by atoms with van der Waals surface area (Å²) in [5, 5.41) is 18.9. The summed E-state index contributed by atoms with van der Waals surface area (Å²) in [6.07, 6.45) is 1.25. The van der Waals surface area contributed by atoms with Crippen LogP contribution < -0.4 is 5.73 Å². The minimum absolute atomic E-state index is 0.0363. The molecule has 0 saturated carbocycles. The van der Waals surface area contributed by atoms with E-state index in [0.29, 0.717) is 0 Å². The van der Waals surface area contributed by atoms with Gasteiger partial charge in [0.25, 0.3) is 0 Å². The van der Waals surface area contributed by atoms with Crippen molar-refractivity contribution in [1.29, 1.82) is 5.26 Å². The van der Waals surface area contributed by atoms with Gasteiger partial charge in [-0.3, -0.25) is 10.1 Å². The van der Waals surface area contributed by atoms with Crippen LogP contribution in [0.25, 0.3) is 6.08 Å². The van der Waals surface area contributed by atoms with E-state index in [9.17, 15) is 10.1 Å². The normalized spacial score (nSPS) is 10.7. The Labute approximate surface area is 89.7 Å². The van der Waals surface area contributed by atoms with Crippen molar-refractivity contribution in [3.63, 3.8) is 0 Å². The van der Waals surface area contributed by atoms with Crippen LogP contribution in [-0.4, -0.2) is 9.91 Å². The van der Waals surface area contributed by atoms with E-state index in [1.807, 2.05) is 0 Å². The molecule has 76 valence electrons. The first-order chi connectivity index (χ1) is 7.04. The number of rotatable bonds is 3. The van der Waals surface area contributed by atoms with Crippen LogP contribution >= 0.6 is 12.2 Å². The summed E-state index contributed by atoms with van der Waals surface area (Å²) in [6, 6.07) is 4.29. The van der Waals surface area contributed by atoms with Gasteiger partial charge in [0.15, 0.2) is 0 Å². The number of nitriles is 1. The van der Waals surface area contributed by atoms with Crippen LogP contribution in [0.3, 0.4) is 0 Å². The predicted molar refractivity (Wildman–Crippen MR) is 55.7 cm³/mol. The van der Waals surface area contributed by atoms with E-state index in [1.165, 1.54) is 18.2 Å². The van der Waals surface area contributed by atoms with Crippen molar-refractivity contribution >= 4 is 29.2 Å². The maximum Gasteiger partial charge on any atom is 0.433 e. The molecule has 0 atom stereocenters. The highest BCUT2D eigenvalue weighted by atomic mass is 32.1. The molecule has 0 aliphatic rings. The third-order valence-corrected chi connectivity index (χ3v) is 1.68. The number of hydrogen-bond acceptors (Lipinski definition) is 5. The summed E-state index contributed by atoms with van der Waals surface area (Å²) in [4.78, 5) is 9.52. The summed E-state index contributed by atoms with van der Waals surface area (Å²) < 4.78 is 4.79. The Morgan fingerprint density at radius 2 is 2.40 bits per heavy atom. The average Bonchev–Trinajstić information content (AvgIpc) is 2.61. The van der Waals surface area contributed by atoms with E-state index in [1.54, 1.807) is 6.07 Å². The zero-order valence-electron chi connectivity index (χ0n) is 7.34. The first kappa shape index (κ1) is 10.9. The Morgan fingerprint density at radius 1 is 1.73 bits per heavy atom. The number of furan rings is 1. The molecule has 15 heavy (non-hydrogen) atoms. The number of nitrogens with zero attached hydrogens (tertiary/aromatic N) is 2. The van der Waals surface area contributed by atoms with Gasteiger partial charge in [0.2, 0.25) is 0 Å². The van der Waals surface area contributed by atoms with Crippen molar-refractivity contribution in [2.75, 3.05) is 0 Å². The minimum atomic E-state index is -0.676. The van der Waals surface area contributed by atoms with Crippen molar-refractivity contribution in [3.8, 4) is 6.07 Å². The monoisotopic (exact) mass is 223 g/mol. The second-order valence-electron chi connectivity index (χ2n) is 2.47. The summed E-state index contributed by atoms with van der Waals surface area (Å²) in [6.45, 7) is 0. The average molecular weight is 223 g/mol. The van der Waals surface area contributed by atoms with Crippen molar-refractivity contribution in [3.05, 3.63) is 33.6 Å². The van der Waals surface area contributed by atoms with Crippen LogP contribution in [0, 0.1) is 21.4 Å². The SMILES string of the molecule is N#C/C(=C\c1ccc([N+](=O)[O-])o1)C(N)=S. The van der Waals surface area contributed by atoms with Gasteiger partial charge in [0.1, 0.15) is 21.7 Å². The highest BCUT2D eigenvalue weighted by molar-refractivity contribution is 7.80. The van der Waals surface area contributed by atoms with Crippen molar-refractivity contribution in [2.45, 2.75) is 0 Å². The van der Waals surface area contributed by atoms with Crippen molar-refractivity contribution < 1.29 is 9.34 Å². The van der Waals surface area contributed by atoms with E-state index in [0.717, 1.165) is 0 Å². The molecule has 0 fully saturated rings. The Kier molecular flexibility index (Phi) is 3.15. The van der Waals surface area contributed by atoms with E-state index in [2.05, 4.69) is 12.2 Å². The standard InChI is InChI=1S/C8H5N3O3S/c9-4-5(8(10)15)3-6-1-2-7(14-6)11(12)13/h1-3H,(H2,10,15)/b5-3+. The third kappa shape index (κ3) is 2.62. The lowest BCUT2D eigenvalue weighted by Gasteiger charge is -1.90. The fraction of sp³-hybridized carbons (Fsp3) is 0. The van der Waals surface area contributed by atoms with Gasteiger partial charge >= 0.3 is 5.88 Å². The fourth-order valence-electron chi connectivity index (χ4n) is 0.819. The highest BCUT2D eigenvalue weighted by Crippen LogP contribution is 2.17. The lowest BCUT2D eigenvalue weighted by Crippen LogP contribution is -2.09. The largest absolute Gasteiger partial charge is 0.433 e. The molecular weight excluding hydrogens is 218 g/mol. The van der Waals surface area contributed by atoms with Gasteiger partial charge < -0.3 is 10.2 Å². The molecule has 0 saturated heterocycles. The summed E-state index contributed by atoms with van der Waals surface area (Å²) in [5.41, 5.74) is 5.26. The highest BCUT2D eigenvalue weighted by Gasteiger charge is 2.11. The van der Waals surface area contributed by atoms with E-state index >= 15 is 0 Å². The zero-order chi connectivity index (χ0) is 11.4. The van der Waals surface area contributed by atoms with E-state index < -0.39 is 10.8 Å². The Balaban J connectivity index is 3.04. The van der Waals surface area contributed by atoms with Crippen LogP contribution in [0.2, 0.25) is 0 Å². The molecule has 2 N–H and O–H groups in total. The summed E-state index contributed by atoms with van der Waals surface area (Å²) in [7, 11) is 0. The fourth-order valence-corrected chi connectivity index (χ4v) is 0.923. The van der Waals surface area contributed by atoms with Gasteiger partial charge in [-0.15, -0.1) is 0 Å². The maximum absolute atomic E-state index is 10.3. The lowest BCUT2D eigenvalue weighted by atomic mass is 10.2. The molecule has 0 aliphatic carbocycles. The predicted octanol–water partition coefficient (Wildman–Crippen LogP) is 1.38. The van der Waals surface area contributed by atoms with Gasteiger partial charge in [-0.05, 0) is 6.07 Å². The molecule has 0 aromatic carbocycles. The molecule has 0 bridgehead atoms. The van der Waals surface area contributed by atoms with Crippen LogP contribution in [-0.2, 0) is 0 Å². The minimum Gasteiger partial charge on any atom is -0.401 e. The smallest absolute Gasteiger partial charge is 0.401 e. The van der Waals surface area contributed by atoms with Gasteiger partial charge in [0, 0.05) is 6.08 Å². The molecule has 1 rings (SSSR count). The molecule has 7 heteroatoms. The summed E-state index contributed by atoms with van der Waals surface area (Å²) >= 11 is 4.59. The van der Waals surface area contributed by atoms with Crippen molar-refractivity contribution in [2.24, 2.45) is 5.73 Å². The Hall–Kier alpha value is -2.20. The van der Waals surface area contributed by atoms with E-state index in [-0.39, 0.29) is 16.3 Å². The zero-order valence-corrected chi connectivity index (χ0v) is 8.15. The molecule has 1 aromatic rings. The second-order valence-corrected chi connectivity index (χ2v) is 2.91. The van der Waals surface area contributed by atoms with E-state index in [4.69, 9.17) is 15.4 Å². The van der Waals surface area contributed by atoms with Gasteiger partial charge in [-0.2, -0.15) is 5.26 Å². The molecule has 0 unspecified atom stereocenters. The van der Waals surface area contributed by atoms with Crippen LogP contribution in [0.15, 0.2) is 22.1 Å². The first-order valence-corrected chi connectivity index (χ1v) is 4.11. The maximum atomic E-state index is 10.3. The number of hydrogen-bond donors (Lipinski definition) is 1. The molecule has 6 nitrogen and oxygen atoms in total. The van der Waals surface area contributed by atoms with Crippen LogP contribution in [0.4, 0.5) is 5.88 Å². The summed E-state index contributed by atoms with van der Waals surface area (Å²) in [5.74, 6) is -0.243. The molecule has 0 aliphatic heterocycles. The molecular formula is C8H5N3O3S. The first-order valence-electron chi connectivity index (χ1n) is 3.70. The van der Waals surface area contributed by atoms with Crippen LogP contribution in [0.1, 0.15) is 5.76 Å². The number of nitrogens with two attached hydrogens (primary N) is 1. The number of thiocarbonyl (C=S) groups is 1. The van der Waals surface area contributed by atoms with Gasteiger partial charge in [-0.25, -0.2) is 0 Å². The van der Waals surface area contributed by atoms with Gasteiger partial charge in [0.05, 0.1) is 11.6 Å². The van der Waals surface area contributed by atoms with Gasteiger partial charge in [-0.1, -0.05) is 12.2 Å². The number of nitro groups is 1. The third-order valence-electron chi connectivity index (χ3n) is 1.47. The lowest BCUT2D eigenvalue weighted by molar-refractivity contribution is -0.402. The van der Waals surface area contributed by atoms with Crippen LogP contribution in [0.5, 0.6) is 0 Å². The topological polar surface area (TPSA) is 106 Å². The molecule has 0 amide bonds. The van der Waals surface area contributed by atoms with Crippen molar-refractivity contribution in [1.82, 2.24) is 0 Å². The Bertz CT molecular complexity index is 484. The molecule has 0 radical (unpaired) electrons. The molecule has 0 spiro atoms. The molecule has 1 heterocycles. The molecule has 1 aromatic heterocycles. The Morgan fingerprint density at radius 3 is 2.80 bits per heavy atom. The second kappa shape index (κ2) is 4.34. The quantitative estimate of drug-likeness (QED) is 0.273.